The molecule has 0 N–H and O–H groups in total. The van der Waals surface area contributed by atoms with Gasteiger partial charge in [0, 0.05) is 38.4 Å². The van der Waals surface area contributed by atoms with E-state index in [9.17, 15) is 4.79 Å². The van der Waals surface area contributed by atoms with Crippen LogP contribution in [-0.4, -0.2) is 65.0 Å². The normalized spacial score (nSPS) is 14.5. The zero-order valence-electron chi connectivity index (χ0n) is 18.3. The van der Waals surface area contributed by atoms with Gasteiger partial charge in [-0.3, -0.25) is 19.3 Å². The lowest BCUT2D eigenvalue weighted by Gasteiger charge is -2.27. The maximum atomic E-state index is 13.4. The van der Waals surface area contributed by atoms with Gasteiger partial charge >= 0.3 is 0 Å². The smallest absolute Gasteiger partial charge is 0.280 e. The summed E-state index contributed by atoms with van der Waals surface area (Å²) in [5.41, 5.74) is 3.60. The molecule has 0 saturated carbocycles. The Hall–Kier alpha value is -2.00. The van der Waals surface area contributed by atoms with E-state index >= 15 is 0 Å². The van der Waals surface area contributed by atoms with Crippen molar-refractivity contribution in [3.05, 3.63) is 41.2 Å². The number of amides is 1. The number of benzene rings is 1. The van der Waals surface area contributed by atoms with Crippen LogP contribution in [0.15, 0.2) is 24.3 Å². The first-order chi connectivity index (χ1) is 14.5. The largest absolute Gasteiger partial charge is 0.379 e. The standard InChI is InChI=1S/C22H29N5O2S.ClH/c1-4-27-17(3)15-19(24-27)21(28)26(9-5-8-25-10-12-29-13-11-25)22-23-18-7-6-16(2)14-20(18)30-22;/h6-7,14-15H,4-5,8-13H2,1-3H3;1H. The zero-order valence-corrected chi connectivity index (χ0v) is 20.0. The molecule has 1 amide bonds. The van der Waals surface area contributed by atoms with Gasteiger partial charge in [0.2, 0.25) is 0 Å². The van der Waals surface area contributed by atoms with Crippen LogP contribution in [0.1, 0.15) is 35.1 Å². The number of rotatable bonds is 7. The van der Waals surface area contributed by atoms with Crippen molar-refractivity contribution in [1.82, 2.24) is 19.7 Å². The number of hydrogen-bond donors (Lipinski definition) is 0. The highest BCUT2D eigenvalue weighted by atomic mass is 35.5. The van der Waals surface area contributed by atoms with Crippen molar-refractivity contribution in [2.45, 2.75) is 33.7 Å². The van der Waals surface area contributed by atoms with Crippen LogP contribution in [-0.2, 0) is 11.3 Å². The fourth-order valence-corrected chi connectivity index (χ4v) is 4.86. The maximum absolute atomic E-state index is 13.4. The van der Waals surface area contributed by atoms with Crippen molar-refractivity contribution >= 4 is 45.0 Å². The topological polar surface area (TPSA) is 63.5 Å². The first-order valence-corrected chi connectivity index (χ1v) is 11.4. The van der Waals surface area contributed by atoms with Crippen LogP contribution in [0.2, 0.25) is 0 Å². The molecule has 2 aromatic heterocycles. The van der Waals surface area contributed by atoms with Gasteiger partial charge in [0.15, 0.2) is 10.8 Å². The van der Waals surface area contributed by atoms with Crippen LogP contribution in [0.5, 0.6) is 0 Å². The predicted octanol–water partition coefficient (Wildman–Crippen LogP) is 3.92. The summed E-state index contributed by atoms with van der Waals surface area (Å²) in [4.78, 5) is 22.4. The molecule has 9 heteroatoms. The van der Waals surface area contributed by atoms with Crippen molar-refractivity contribution in [3.63, 3.8) is 0 Å². The lowest BCUT2D eigenvalue weighted by Crippen LogP contribution is -2.39. The number of ether oxygens (including phenoxy) is 1. The molecule has 4 rings (SSSR count). The van der Waals surface area contributed by atoms with Crippen molar-refractivity contribution in [2.24, 2.45) is 0 Å². The first kappa shape index (κ1) is 23.7. The third kappa shape index (κ3) is 5.44. The molecule has 1 aliphatic rings. The number of fused-ring (bicyclic) bond motifs is 1. The van der Waals surface area contributed by atoms with Crippen molar-refractivity contribution in [3.8, 4) is 0 Å². The lowest BCUT2D eigenvalue weighted by molar-refractivity contribution is 0.0376. The molecule has 3 heterocycles. The average molecular weight is 464 g/mol. The van der Waals surface area contributed by atoms with Gasteiger partial charge in [-0.25, -0.2) is 4.98 Å². The maximum Gasteiger partial charge on any atom is 0.280 e. The number of thiazole rings is 1. The molecule has 1 saturated heterocycles. The highest BCUT2D eigenvalue weighted by molar-refractivity contribution is 7.22. The molecule has 1 fully saturated rings. The van der Waals surface area contributed by atoms with Crippen LogP contribution in [0.25, 0.3) is 10.2 Å². The number of morpholine rings is 1. The van der Waals surface area contributed by atoms with Gasteiger partial charge in [0.1, 0.15) is 0 Å². The summed E-state index contributed by atoms with van der Waals surface area (Å²) in [6.07, 6.45) is 0.883. The second kappa shape index (κ2) is 10.5. The van der Waals surface area contributed by atoms with E-state index in [1.165, 1.54) is 5.56 Å². The van der Waals surface area contributed by atoms with E-state index in [-0.39, 0.29) is 18.3 Å². The summed E-state index contributed by atoms with van der Waals surface area (Å²) in [5.74, 6) is -0.0805. The highest BCUT2D eigenvalue weighted by Gasteiger charge is 2.24. The molecular formula is C22H30ClN5O2S. The number of carbonyl (C=O) groups is 1. The Bertz CT molecular complexity index is 1030. The summed E-state index contributed by atoms with van der Waals surface area (Å²) in [6, 6.07) is 8.08. The van der Waals surface area contributed by atoms with Gasteiger partial charge in [-0.05, 0) is 51.0 Å². The highest BCUT2D eigenvalue weighted by Crippen LogP contribution is 2.30. The summed E-state index contributed by atoms with van der Waals surface area (Å²) in [6.45, 7) is 11.9. The molecule has 0 unspecified atom stereocenters. The number of halogens is 1. The van der Waals surface area contributed by atoms with E-state index in [1.54, 1.807) is 11.3 Å². The van der Waals surface area contributed by atoms with Crippen LogP contribution in [0.4, 0.5) is 5.13 Å². The molecule has 168 valence electrons. The summed E-state index contributed by atoms with van der Waals surface area (Å²) in [5, 5.41) is 5.26. The SMILES string of the molecule is CCn1nc(C(=O)N(CCCN2CCOCC2)c2nc3ccc(C)cc3s2)cc1C.Cl. The minimum atomic E-state index is -0.0805. The van der Waals surface area contributed by atoms with Crippen molar-refractivity contribution in [2.75, 3.05) is 44.3 Å². The van der Waals surface area contributed by atoms with Crippen molar-refractivity contribution in [1.29, 1.82) is 0 Å². The third-order valence-electron chi connectivity index (χ3n) is 5.47. The molecule has 0 atom stereocenters. The predicted molar refractivity (Wildman–Crippen MR) is 128 cm³/mol. The molecule has 0 aliphatic carbocycles. The van der Waals surface area contributed by atoms with E-state index < -0.39 is 0 Å². The van der Waals surface area contributed by atoms with Gasteiger partial charge in [-0.1, -0.05) is 17.4 Å². The zero-order chi connectivity index (χ0) is 21.1. The molecule has 7 nitrogen and oxygen atoms in total. The molecule has 0 spiro atoms. The lowest BCUT2D eigenvalue weighted by atomic mass is 10.2. The Kier molecular flexibility index (Phi) is 8.05. The number of hydrogen-bond acceptors (Lipinski definition) is 6. The van der Waals surface area contributed by atoms with E-state index in [2.05, 4.69) is 29.1 Å². The van der Waals surface area contributed by atoms with Crippen LogP contribution >= 0.6 is 23.7 Å². The Balaban J connectivity index is 0.00000272. The van der Waals surface area contributed by atoms with Crippen LogP contribution in [0.3, 0.4) is 0 Å². The minimum absolute atomic E-state index is 0. The van der Waals surface area contributed by atoms with E-state index in [1.807, 2.05) is 35.6 Å². The Morgan fingerprint density at radius 1 is 1.23 bits per heavy atom. The molecule has 1 aliphatic heterocycles. The molecule has 0 bridgehead atoms. The van der Waals surface area contributed by atoms with E-state index in [0.717, 1.165) is 66.9 Å². The van der Waals surface area contributed by atoms with E-state index in [0.29, 0.717) is 12.2 Å². The van der Waals surface area contributed by atoms with Gasteiger partial charge in [-0.15, -0.1) is 12.4 Å². The van der Waals surface area contributed by atoms with Gasteiger partial charge in [0.25, 0.3) is 5.91 Å². The molecule has 31 heavy (non-hydrogen) atoms. The number of aryl methyl sites for hydroxylation is 3. The second-order valence-electron chi connectivity index (χ2n) is 7.72. The summed E-state index contributed by atoms with van der Waals surface area (Å²) in [7, 11) is 0. The van der Waals surface area contributed by atoms with Gasteiger partial charge < -0.3 is 4.74 Å². The third-order valence-corrected chi connectivity index (χ3v) is 6.51. The monoisotopic (exact) mass is 463 g/mol. The fourth-order valence-electron chi connectivity index (χ4n) is 3.77. The number of carbonyl (C=O) groups excluding carboxylic acids is 1. The molecule has 3 aromatic rings. The number of anilines is 1. The second-order valence-corrected chi connectivity index (χ2v) is 8.73. The van der Waals surface area contributed by atoms with Crippen molar-refractivity contribution < 1.29 is 9.53 Å². The van der Waals surface area contributed by atoms with Crippen LogP contribution in [0, 0.1) is 13.8 Å². The molecular weight excluding hydrogens is 434 g/mol. The Morgan fingerprint density at radius 2 is 2.00 bits per heavy atom. The first-order valence-electron chi connectivity index (χ1n) is 10.6. The molecule has 1 aromatic carbocycles. The fraction of sp³-hybridized carbons (Fsp3) is 0.500. The van der Waals surface area contributed by atoms with Crippen LogP contribution < -0.4 is 4.90 Å². The van der Waals surface area contributed by atoms with Gasteiger partial charge in [0.05, 0.1) is 23.4 Å². The minimum Gasteiger partial charge on any atom is -0.379 e. The Morgan fingerprint density at radius 3 is 2.71 bits per heavy atom. The summed E-state index contributed by atoms with van der Waals surface area (Å²) < 4.78 is 8.40. The average Bonchev–Trinajstić information content (AvgIpc) is 3.34. The number of nitrogens with zero attached hydrogens (tertiary/aromatic N) is 5. The van der Waals surface area contributed by atoms with E-state index in [4.69, 9.17) is 9.72 Å². The Labute approximate surface area is 193 Å². The number of aromatic nitrogens is 3. The quantitative estimate of drug-likeness (QED) is 0.531. The molecule has 0 radical (unpaired) electrons. The van der Waals surface area contributed by atoms with Gasteiger partial charge in [-0.2, -0.15) is 5.10 Å². The summed E-state index contributed by atoms with van der Waals surface area (Å²) >= 11 is 1.57.